The van der Waals surface area contributed by atoms with Crippen molar-refractivity contribution in [2.75, 3.05) is 0 Å². The van der Waals surface area contributed by atoms with Gasteiger partial charge in [-0.25, -0.2) is 0 Å². The molecule has 4 rings (SSSR count). The largest absolute Gasteiger partial charge is 0.299 e. The summed E-state index contributed by atoms with van der Waals surface area (Å²) >= 11 is 0. The summed E-state index contributed by atoms with van der Waals surface area (Å²) in [5.74, 6) is 4.92. The minimum absolute atomic E-state index is 0.0144. The first-order chi connectivity index (χ1) is 11.4. The average Bonchev–Trinajstić information content (AvgIpc) is 2.88. The fraction of sp³-hybridized carbons (Fsp3) is 0.783. The average molecular weight is 327 g/mol. The van der Waals surface area contributed by atoms with Crippen LogP contribution < -0.4 is 0 Å². The van der Waals surface area contributed by atoms with Gasteiger partial charge in [0.15, 0.2) is 0 Å². The van der Waals surface area contributed by atoms with Crippen LogP contribution in [0, 0.1) is 46.3 Å². The summed E-state index contributed by atoms with van der Waals surface area (Å²) in [5, 5.41) is 0. The number of ketones is 1. The lowest BCUT2D eigenvalue weighted by Crippen LogP contribution is -2.54. The van der Waals surface area contributed by atoms with Gasteiger partial charge in [-0.3, -0.25) is 4.79 Å². The summed E-state index contributed by atoms with van der Waals surface area (Å²) in [7, 11) is 0. The molecule has 132 valence electrons. The van der Waals surface area contributed by atoms with Crippen molar-refractivity contribution in [1.82, 2.24) is 0 Å². The molecule has 0 saturated heterocycles. The van der Waals surface area contributed by atoms with Gasteiger partial charge in [0.2, 0.25) is 0 Å². The summed E-state index contributed by atoms with van der Waals surface area (Å²) in [6.07, 6.45) is 14.1. The molecule has 4 fully saturated rings. The third-order valence-corrected chi connectivity index (χ3v) is 9.16. The van der Waals surface area contributed by atoms with E-state index in [1.54, 1.807) is 0 Å². The Morgan fingerprint density at radius 2 is 1.75 bits per heavy atom. The highest BCUT2D eigenvalue weighted by molar-refractivity contribution is 5.87. The predicted molar refractivity (Wildman–Crippen MR) is 99.5 cm³/mol. The molecule has 24 heavy (non-hydrogen) atoms. The Morgan fingerprint density at radius 3 is 2.46 bits per heavy atom. The van der Waals surface area contributed by atoms with Crippen molar-refractivity contribution in [3.63, 3.8) is 0 Å². The van der Waals surface area contributed by atoms with Crippen molar-refractivity contribution in [2.45, 2.75) is 65.2 Å². The van der Waals surface area contributed by atoms with Crippen LogP contribution in [-0.2, 0) is 4.79 Å². The molecule has 0 amide bonds. The van der Waals surface area contributed by atoms with E-state index in [-0.39, 0.29) is 5.41 Å². The van der Waals surface area contributed by atoms with Crippen molar-refractivity contribution in [3.8, 4) is 0 Å². The highest BCUT2D eigenvalue weighted by Gasteiger charge is 2.60. The number of rotatable bonds is 2. The molecule has 0 aromatic heterocycles. The molecule has 0 aromatic carbocycles. The van der Waals surface area contributed by atoms with Gasteiger partial charge >= 0.3 is 0 Å². The molecule has 4 aliphatic rings. The van der Waals surface area contributed by atoms with Gasteiger partial charge in [-0.15, -0.1) is 13.2 Å². The van der Waals surface area contributed by atoms with Gasteiger partial charge in [-0.05, 0) is 85.9 Å². The van der Waals surface area contributed by atoms with E-state index in [0.29, 0.717) is 29.0 Å². The molecule has 0 radical (unpaired) electrons. The number of hydrogen-bond donors (Lipinski definition) is 0. The van der Waals surface area contributed by atoms with Crippen LogP contribution in [0.3, 0.4) is 0 Å². The predicted octanol–water partition coefficient (Wildman–Crippen LogP) is 5.81. The minimum atomic E-state index is 0.0144. The Balaban J connectivity index is 1.64. The number of carbonyl (C=O) groups excluding carboxylic acids is 1. The number of carbonyl (C=O) groups is 1. The molecular weight excluding hydrogens is 292 g/mol. The van der Waals surface area contributed by atoms with Gasteiger partial charge in [-0.2, -0.15) is 0 Å². The quantitative estimate of drug-likeness (QED) is 0.585. The van der Waals surface area contributed by atoms with Gasteiger partial charge in [0, 0.05) is 11.8 Å². The summed E-state index contributed by atoms with van der Waals surface area (Å²) in [5.41, 5.74) is 0.467. The molecule has 8 atom stereocenters. The van der Waals surface area contributed by atoms with Crippen LogP contribution in [0.25, 0.3) is 0 Å². The van der Waals surface area contributed by atoms with Crippen molar-refractivity contribution >= 4 is 5.78 Å². The lowest BCUT2D eigenvalue weighted by Gasteiger charge is -2.61. The van der Waals surface area contributed by atoms with E-state index >= 15 is 0 Å². The third-order valence-electron chi connectivity index (χ3n) is 9.16. The molecule has 3 unspecified atom stereocenters. The Kier molecular flexibility index (Phi) is 3.86. The number of Topliss-reactive ketones (excluding diaryl/α,β-unsaturated/α-hetero) is 1. The van der Waals surface area contributed by atoms with Crippen molar-refractivity contribution in [3.05, 3.63) is 25.3 Å². The molecule has 0 aromatic rings. The molecular formula is C23H34O. The lowest BCUT2D eigenvalue weighted by molar-refractivity contribution is -0.141. The zero-order chi connectivity index (χ0) is 17.1. The molecule has 0 N–H and O–H groups in total. The van der Waals surface area contributed by atoms with Gasteiger partial charge in [0.05, 0.1) is 0 Å². The third kappa shape index (κ3) is 2.09. The second-order valence-electron chi connectivity index (χ2n) is 9.81. The van der Waals surface area contributed by atoms with Crippen LogP contribution in [-0.4, -0.2) is 5.78 Å². The van der Waals surface area contributed by atoms with Gasteiger partial charge in [-0.1, -0.05) is 26.0 Å². The molecule has 1 nitrogen and oxygen atoms in total. The number of allylic oxidation sites excluding steroid dienone is 2. The van der Waals surface area contributed by atoms with Crippen LogP contribution in [0.2, 0.25) is 0 Å². The Labute approximate surface area is 148 Å². The Morgan fingerprint density at radius 1 is 1.00 bits per heavy atom. The second-order valence-corrected chi connectivity index (χ2v) is 9.81. The van der Waals surface area contributed by atoms with Gasteiger partial charge in [0.25, 0.3) is 0 Å². The summed E-state index contributed by atoms with van der Waals surface area (Å²) in [6, 6.07) is 0. The van der Waals surface area contributed by atoms with Crippen LogP contribution in [0.1, 0.15) is 65.2 Å². The Bertz CT molecular complexity index is 562. The summed E-state index contributed by atoms with van der Waals surface area (Å²) in [4.78, 5) is 12.5. The molecule has 1 heteroatoms. The normalized spacial score (nSPS) is 53.7. The van der Waals surface area contributed by atoms with Crippen molar-refractivity contribution in [2.24, 2.45) is 46.3 Å². The van der Waals surface area contributed by atoms with Crippen LogP contribution in [0.5, 0.6) is 0 Å². The number of hydrogen-bond acceptors (Lipinski definition) is 1. The molecule has 0 spiro atoms. The maximum Gasteiger partial charge on any atom is 0.139 e. The fourth-order valence-electron chi connectivity index (χ4n) is 7.70. The van der Waals surface area contributed by atoms with E-state index in [0.717, 1.165) is 37.0 Å². The topological polar surface area (TPSA) is 17.1 Å². The zero-order valence-electron chi connectivity index (χ0n) is 15.6. The van der Waals surface area contributed by atoms with Gasteiger partial charge in [0.1, 0.15) is 5.78 Å². The first-order valence-electron chi connectivity index (χ1n) is 10.2. The van der Waals surface area contributed by atoms with Crippen LogP contribution in [0.4, 0.5) is 0 Å². The fourth-order valence-corrected chi connectivity index (χ4v) is 7.70. The van der Waals surface area contributed by atoms with E-state index in [4.69, 9.17) is 0 Å². The smallest absolute Gasteiger partial charge is 0.139 e. The highest BCUT2D eigenvalue weighted by Crippen LogP contribution is 2.66. The van der Waals surface area contributed by atoms with Crippen molar-refractivity contribution in [1.29, 1.82) is 0 Å². The highest BCUT2D eigenvalue weighted by atomic mass is 16.1. The summed E-state index contributed by atoms with van der Waals surface area (Å²) in [6.45, 7) is 13.1. The van der Waals surface area contributed by atoms with E-state index in [1.807, 2.05) is 0 Å². The molecule has 4 aliphatic carbocycles. The number of fused-ring (bicyclic) bond motifs is 5. The molecule has 0 bridgehead atoms. The first-order valence-corrected chi connectivity index (χ1v) is 10.2. The maximum atomic E-state index is 12.5. The first kappa shape index (κ1) is 16.6. The second kappa shape index (κ2) is 5.58. The van der Waals surface area contributed by atoms with Crippen molar-refractivity contribution < 1.29 is 4.79 Å². The SMILES string of the molecule is C=CC1CC2CC[C@@H]3[C@@H](CC[C@]4(C)C(=O)CC[C@@H]34)[C@@]2(C)CC1C=C. The monoisotopic (exact) mass is 326 g/mol. The molecule has 4 saturated carbocycles. The van der Waals surface area contributed by atoms with Gasteiger partial charge < -0.3 is 0 Å². The van der Waals surface area contributed by atoms with E-state index < -0.39 is 0 Å². The standard InChI is InChI=1S/C23H34O/c1-5-15-13-17-7-8-18-19-9-10-21(24)22(19,3)12-11-20(18)23(17,4)14-16(15)6-2/h5-6,15-20H,1-2,7-14H2,3-4H3/t15?,16?,17?,18-,19-,20+,22-,23-/m0/s1. The molecule has 0 heterocycles. The lowest BCUT2D eigenvalue weighted by atomic mass is 9.43. The maximum absolute atomic E-state index is 12.5. The molecule has 0 aliphatic heterocycles. The van der Waals surface area contributed by atoms with E-state index in [9.17, 15) is 4.79 Å². The van der Waals surface area contributed by atoms with E-state index in [1.165, 1.54) is 32.1 Å². The minimum Gasteiger partial charge on any atom is -0.299 e. The van der Waals surface area contributed by atoms with E-state index in [2.05, 4.69) is 39.2 Å². The zero-order valence-corrected chi connectivity index (χ0v) is 15.6. The summed E-state index contributed by atoms with van der Waals surface area (Å²) < 4.78 is 0. The van der Waals surface area contributed by atoms with Crippen LogP contribution >= 0.6 is 0 Å². The van der Waals surface area contributed by atoms with Crippen LogP contribution in [0.15, 0.2) is 25.3 Å². The Hall–Kier alpha value is -0.850.